The third kappa shape index (κ3) is 2.09. The van der Waals surface area contributed by atoms with E-state index in [4.69, 9.17) is 0 Å². The van der Waals surface area contributed by atoms with Gasteiger partial charge in [0.25, 0.3) is 0 Å². The van der Waals surface area contributed by atoms with Crippen molar-refractivity contribution in [1.82, 2.24) is 15.0 Å². The number of fused-ring (bicyclic) bond motifs is 2. The molecule has 3 aromatic heterocycles. The molecule has 5 nitrogen and oxygen atoms in total. The molecule has 0 amide bonds. The van der Waals surface area contributed by atoms with Crippen molar-refractivity contribution in [2.75, 3.05) is 0 Å². The Balaban J connectivity index is 1.77. The smallest absolute Gasteiger partial charge is 0.199 e. The van der Waals surface area contributed by atoms with Gasteiger partial charge in [0, 0.05) is 29.4 Å². The quantitative estimate of drug-likeness (QED) is 0.554. The lowest BCUT2D eigenvalue weighted by Crippen LogP contribution is -1.80. The number of nitrogens with zero attached hydrogens (tertiary/aromatic N) is 3. The second kappa shape index (κ2) is 4.96. The molecule has 0 radical (unpaired) electrons. The fourth-order valence-corrected chi connectivity index (χ4v) is 2.44. The number of aromatic nitrogens is 3. The molecule has 4 aromatic rings. The molecule has 0 saturated heterocycles. The molecule has 0 fully saturated rings. The van der Waals surface area contributed by atoms with Gasteiger partial charge >= 0.3 is 0 Å². The summed E-state index contributed by atoms with van der Waals surface area (Å²) in [6.07, 6.45) is 5.09. The van der Waals surface area contributed by atoms with Gasteiger partial charge in [0.2, 0.25) is 0 Å². The summed E-state index contributed by atoms with van der Waals surface area (Å²) in [7, 11) is 0. The van der Waals surface area contributed by atoms with Crippen LogP contribution in [0.25, 0.3) is 21.9 Å². The van der Waals surface area contributed by atoms with Crippen LogP contribution in [0.4, 0.5) is 5.69 Å². The molecule has 0 spiro atoms. The summed E-state index contributed by atoms with van der Waals surface area (Å²) in [6, 6.07) is 13.4. The predicted molar refractivity (Wildman–Crippen MR) is 86.8 cm³/mol. The molecular weight excluding hydrogens is 276 g/mol. The SMILES string of the molecule is Oc1[nH]c2ncccc2c1C=Nc1ccc2ncccc2c1. The second-order valence-electron chi connectivity index (χ2n) is 4.93. The number of hydrogen-bond donors (Lipinski definition) is 2. The summed E-state index contributed by atoms with van der Waals surface area (Å²) in [5.74, 6) is 0.0694. The Kier molecular flexibility index (Phi) is 2.83. The van der Waals surface area contributed by atoms with E-state index in [0.29, 0.717) is 11.2 Å². The molecule has 0 unspecified atom stereocenters. The van der Waals surface area contributed by atoms with E-state index in [-0.39, 0.29) is 5.88 Å². The molecule has 0 saturated carbocycles. The molecule has 5 heteroatoms. The van der Waals surface area contributed by atoms with Gasteiger partial charge < -0.3 is 10.1 Å². The molecule has 1 aromatic carbocycles. The number of aliphatic imine (C=N–C) groups is 1. The molecule has 0 atom stereocenters. The van der Waals surface area contributed by atoms with Crippen molar-refractivity contribution < 1.29 is 5.11 Å². The first-order chi connectivity index (χ1) is 10.8. The highest BCUT2D eigenvalue weighted by molar-refractivity contribution is 6.01. The van der Waals surface area contributed by atoms with Gasteiger partial charge in [-0.25, -0.2) is 4.98 Å². The van der Waals surface area contributed by atoms with Gasteiger partial charge in [-0.1, -0.05) is 6.07 Å². The van der Waals surface area contributed by atoms with Crippen molar-refractivity contribution in [2.24, 2.45) is 4.99 Å². The predicted octanol–water partition coefficient (Wildman–Crippen LogP) is 3.57. The van der Waals surface area contributed by atoms with Crippen molar-refractivity contribution in [1.29, 1.82) is 0 Å². The summed E-state index contributed by atoms with van der Waals surface area (Å²) in [4.78, 5) is 15.7. The topological polar surface area (TPSA) is 74.2 Å². The lowest BCUT2D eigenvalue weighted by Gasteiger charge is -1.98. The van der Waals surface area contributed by atoms with Crippen LogP contribution < -0.4 is 0 Å². The Hall–Kier alpha value is -3.21. The van der Waals surface area contributed by atoms with Gasteiger partial charge in [-0.15, -0.1) is 0 Å². The summed E-state index contributed by atoms with van der Waals surface area (Å²) in [5.41, 5.74) is 3.01. The van der Waals surface area contributed by atoms with Gasteiger partial charge in [-0.3, -0.25) is 9.98 Å². The van der Waals surface area contributed by atoms with Crippen LogP contribution in [-0.2, 0) is 0 Å². The van der Waals surface area contributed by atoms with Crippen LogP contribution in [0.1, 0.15) is 5.56 Å². The monoisotopic (exact) mass is 288 g/mol. The largest absolute Gasteiger partial charge is 0.494 e. The number of nitrogens with one attached hydrogen (secondary N) is 1. The van der Waals surface area contributed by atoms with Crippen molar-refractivity contribution in [3.63, 3.8) is 0 Å². The van der Waals surface area contributed by atoms with E-state index in [0.717, 1.165) is 22.0 Å². The summed E-state index contributed by atoms with van der Waals surface area (Å²) in [5, 5.41) is 11.9. The number of benzene rings is 1. The van der Waals surface area contributed by atoms with Crippen molar-refractivity contribution in [3.8, 4) is 5.88 Å². The minimum Gasteiger partial charge on any atom is -0.494 e. The van der Waals surface area contributed by atoms with E-state index in [9.17, 15) is 5.11 Å². The number of hydrogen-bond acceptors (Lipinski definition) is 4. The van der Waals surface area contributed by atoms with Crippen molar-refractivity contribution in [3.05, 3.63) is 60.4 Å². The van der Waals surface area contributed by atoms with Crippen LogP contribution in [-0.4, -0.2) is 26.3 Å². The fraction of sp³-hybridized carbons (Fsp3) is 0. The zero-order valence-electron chi connectivity index (χ0n) is 11.6. The van der Waals surface area contributed by atoms with Crippen LogP contribution in [0.3, 0.4) is 0 Å². The first-order valence-electron chi connectivity index (χ1n) is 6.86. The zero-order chi connectivity index (χ0) is 14.9. The van der Waals surface area contributed by atoms with Gasteiger partial charge in [0.1, 0.15) is 5.65 Å². The average Bonchev–Trinajstić information content (AvgIpc) is 2.88. The highest BCUT2D eigenvalue weighted by Crippen LogP contribution is 2.25. The van der Waals surface area contributed by atoms with Gasteiger partial charge in [-0.05, 0) is 36.4 Å². The van der Waals surface area contributed by atoms with E-state index in [1.165, 1.54) is 0 Å². The van der Waals surface area contributed by atoms with Crippen LogP contribution >= 0.6 is 0 Å². The van der Waals surface area contributed by atoms with Crippen LogP contribution in [0.15, 0.2) is 59.9 Å². The van der Waals surface area contributed by atoms with Gasteiger partial charge in [-0.2, -0.15) is 0 Å². The molecule has 22 heavy (non-hydrogen) atoms. The maximum Gasteiger partial charge on any atom is 0.199 e. The normalized spacial score (nSPS) is 11.6. The van der Waals surface area contributed by atoms with Crippen molar-refractivity contribution >= 4 is 33.8 Å². The number of aromatic hydroxyl groups is 1. The molecule has 0 bridgehead atoms. The van der Waals surface area contributed by atoms with E-state index in [2.05, 4.69) is 19.9 Å². The second-order valence-corrected chi connectivity index (χ2v) is 4.93. The molecule has 0 aliphatic carbocycles. The Labute approximate surface area is 126 Å². The van der Waals surface area contributed by atoms with Crippen LogP contribution in [0, 0.1) is 0 Å². The number of aromatic amines is 1. The van der Waals surface area contributed by atoms with Crippen molar-refractivity contribution in [2.45, 2.75) is 0 Å². The number of rotatable bonds is 2. The highest BCUT2D eigenvalue weighted by atomic mass is 16.3. The molecule has 0 aliphatic rings. The Morgan fingerprint density at radius 1 is 1.05 bits per heavy atom. The first-order valence-corrected chi connectivity index (χ1v) is 6.86. The van der Waals surface area contributed by atoms with Gasteiger partial charge in [0.15, 0.2) is 5.88 Å². The molecule has 3 heterocycles. The molecule has 0 aliphatic heterocycles. The minimum absolute atomic E-state index is 0.0694. The maximum absolute atomic E-state index is 9.99. The third-order valence-electron chi connectivity index (χ3n) is 3.52. The van der Waals surface area contributed by atoms with E-state index in [1.54, 1.807) is 18.6 Å². The molecule has 106 valence electrons. The number of pyridine rings is 2. The molecule has 4 rings (SSSR count). The number of H-pyrrole nitrogens is 1. The standard InChI is InChI=1S/C17H12N4O/c22-17-14(13-4-2-8-19-16(13)21-17)10-20-12-5-6-15-11(9-12)3-1-7-18-15/h1-10,22H,(H,19,21). The minimum atomic E-state index is 0.0694. The summed E-state index contributed by atoms with van der Waals surface area (Å²) < 4.78 is 0. The van der Waals surface area contributed by atoms with E-state index < -0.39 is 0 Å². The summed E-state index contributed by atoms with van der Waals surface area (Å²) in [6.45, 7) is 0. The third-order valence-corrected chi connectivity index (χ3v) is 3.52. The first kappa shape index (κ1) is 12.5. The van der Waals surface area contributed by atoms with E-state index in [1.807, 2.05) is 42.5 Å². The van der Waals surface area contributed by atoms with Gasteiger partial charge in [0.05, 0.1) is 16.8 Å². The lowest BCUT2D eigenvalue weighted by atomic mass is 10.2. The molecule has 2 N–H and O–H groups in total. The lowest BCUT2D eigenvalue weighted by molar-refractivity contribution is 0.457. The van der Waals surface area contributed by atoms with E-state index >= 15 is 0 Å². The average molecular weight is 288 g/mol. The zero-order valence-corrected chi connectivity index (χ0v) is 11.6. The molecular formula is C17H12N4O. The fourth-order valence-electron chi connectivity index (χ4n) is 2.44. The highest BCUT2D eigenvalue weighted by Gasteiger charge is 2.08. The van der Waals surface area contributed by atoms with Crippen LogP contribution in [0.5, 0.6) is 5.88 Å². The van der Waals surface area contributed by atoms with Crippen LogP contribution in [0.2, 0.25) is 0 Å². The summed E-state index contributed by atoms with van der Waals surface area (Å²) >= 11 is 0. The Morgan fingerprint density at radius 3 is 2.86 bits per heavy atom. The maximum atomic E-state index is 9.99. The Bertz CT molecular complexity index is 1000. The Morgan fingerprint density at radius 2 is 1.91 bits per heavy atom.